The van der Waals surface area contributed by atoms with Gasteiger partial charge in [-0.1, -0.05) is 24.9 Å². The lowest BCUT2D eigenvalue weighted by Gasteiger charge is -2.31. The van der Waals surface area contributed by atoms with E-state index >= 15 is 0 Å². The van der Waals surface area contributed by atoms with E-state index in [2.05, 4.69) is 6.92 Å². The maximum absolute atomic E-state index is 12.8. The Morgan fingerprint density at radius 1 is 1.31 bits per heavy atom. The maximum atomic E-state index is 12.8. The van der Waals surface area contributed by atoms with E-state index in [9.17, 15) is 14.7 Å². The number of hydrogen-bond donors (Lipinski definition) is 1. The molecule has 144 valence electrons. The molecule has 0 aliphatic carbocycles. The zero-order chi connectivity index (χ0) is 19.1. The number of ether oxygens (including phenoxy) is 2. The van der Waals surface area contributed by atoms with Gasteiger partial charge in [0, 0.05) is 18.7 Å². The molecular formula is C19H26ClNO5. The summed E-state index contributed by atoms with van der Waals surface area (Å²) in [6.45, 7) is 5.61. The lowest BCUT2D eigenvalue weighted by molar-refractivity contribution is -0.143. The SMILES string of the molecule is CCCCOc1c(Cl)cc(C(=O)N2CCCC(C(=O)O)C2)cc1OCC. The highest BCUT2D eigenvalue weighted by atomic mass is 35.5. The molecule has 1 saturated heterocycles. The second kappa shape index (κ2) is 9.67. The smallest absolute Gasteiger partial charge is 0.308 e. The molecule has 0 saturated carbocycles. The highest BCUT2D eigenvalue weighted by Gasteiger charge is 2.29. The Morgan fingerprint density at radius 2 is 2.08 bits per heavy atom. The number of likely N-dealkylation sites (tertiary alicyclic amines) is 1. The third-order valence-corrected chi connectivity index (χ3v) is 4.64. The van der Waals surface area contributed by atoms with Gasteiger partial charge < -0.3 is 19.5 Å². The number of halogens is 1. The Morgan fingerprint density at radius 3 is 2.73 bits per heavy atom. The van der Waals surface area contributed by atoms with Crippen molar-refractivity contribution in [1.29, 1.82) is 0 Å². The molecule has 26 heavy (non-hydrogen) atoms. The molecule has 0 bridgehead atoms. The van der Waals surface area contributed by atoms with Crippen molar-refractivity contribution >= 4 is 23.5 Å². The Bertz CT molecular complexity index is 649. The van der Waals surface area contributed by atoms with E-state index in [-0.39, 0.29) is 12.5 Å². The van der Waals surface area contributed by atoms with Crippen LogP contribution in [0.2, 0.25) is 5.02 Å². The van der Waals surface area contributed by atoms with Crippen LogP contribution in [0.4, 0.5) is 0 Å². The molecule has 7 heteroatoms. The van der Waals surface area contributed by atoms with Crippen molar-refractivity contribution in [3.63, 3.8) is 0 Å². The first-order chi connectivity index (χ1) is 12.5. The van der Waals surface area contributed by atoms with Crippen LogP contribution in [-0.4, -0.2) is 48.2 Å². The number of carbonyl (C=O) groups excluding carboxylic acids is 1. The number of carboxylic acids is 1. The Balaban J connectivity index is 2.22. The van der Waals surface area contributed by atoms with Crippen molar-refractivity contribution in [3.05, 3.63) is 22.7 Å². The number of amides is 1. The fourth-order valence-corrected chi connectivity index (χ4v) is 3.22. The summed E-state index contributed by atoms with van der Waals surface area (Å²) in [7, 11) is 0. The predicted octanol–water partition coefficient (Wildman–Crippen LogP) is 3.85. The fourth-order valence-electron chi connectivity index (χ4n) is 2.96. The lowest BCUT2D eigenvalue weighted by Crippen LogP contribution is -2.42. The average molecular weight is 384 g/mol. The highest BCUT2D eigenvalue weighted by molar-refractivity contribution is 6.32. The molecule has 1 heterocycles. The zero-order valence-corrected chi connectivity index (χ0v) is 16.1. The molecule has 1 amide bonds. The molecule has 1 N–H and O–H groups in total. The van der Waals surface area contributed by atoms with Crippen LogP contribution < -0.4 is 9.47 Å². The standard InChI is InChI=1S/C19H26ClNO5/c1-3-5-9-26-17-15(20)10-14(11-16(17)25-4-2)18(22)21-8-6-7-13(12-21)19(23)24/h10-11,13H,3-9,12H2,1-2H3,(H,23,24). The summed E-state index contributed by atoms with van der Waals surface area (Å²) in [5.74, 6) is -0.743. The molecule has 1 aliphatic rings. The largest absolute Gasteiger partial charge is 0.490 e. The number of unbranched alkanes of at least 4 members (excludes halogenated alkanes) is 1. The first-order valence-electron chi connectivity index (χ1n) is 9.09. The van der Waals surface area contributed by atoms with Crippen LogP contribution in [0.1, 0.15) is 49.9 Å². The van der Waals surface area contributed by atoms with Crippen LogP contribution in [0.15, 0.2) is 12.1 Å². The summed E-state index contributed by atoms with van der Waals surface area (Å²) in [5.41, 5.74) is 0.382. The number of piperidine rings is 1. The zero-order valence-electron chi connectivity index (χ0n) is 15.3. The predicted molar refractivity (Wildman–Crippen MR) is 99.3 cm³/mol. The molecule has 0 spiro atoms. The normalized spacial score (nSPS) is 17.0. The first kappa shape index (κ1) is 20.4. The first-order valence-corrected chi connectivity index (χ1v) is 9.46. The number of aliphatic carboxylic acids is 1. The van der Waals surface area contributed by atoms with Gasteiger partial charge in [-0.3, -0.25) is 9.59 Å². The van der Waals surface area contributed by atoms with Gasteiger partial charge in [0.1, 0.15) is 0 Å². The van der Waals surface area contributed by atoms with E-state index in [0.717, 1.165) is 12.8 Å². The summed E-state index contributed by atoms with van der Waals surface area (Å²) in [6.07, 6.45) is 3.16. The van der Waals surface area contributed by atoms with Gasteiger partial charge in [0.25, 0.3) is 5.91 Å². The molecule has 1 atom stereocenters. The van der Waals surface area contributed by atoms with E-state index < -0.39 is 11.9 Å². The molecule has 1 aromatic rings. The molecular weight excluding hydrogens is 358 g/mol. The lowest BCUT2D eigenvalue weighted by atomic mass is 9.97. The summed E-state index contributed by atoms with van der Waals surface area (Å²) in [4.78, 5) is 25.6. The van der Waals surface area contributed by atoms with Gasteiger partial charge in [-0.05, 0) is 38.3 Å². The van der Waals surface area contributed by atoms with Crippen LogP contribution in [0.5, 0.6) is 11.5 Å². The number of nitrogens with zero attached hydrogens (tertiary/aromatic N) is 1. The van der Waals surface area contributed by atoms with Gasteiger partial charge in [-0.25, -0.2) is 0 Å². The van der Waals surface area contributed by atoms with Crippen molar-refractivity contribution in [1.82, 2.24) is 4.90 Å². The molecule has 1 fully saturated rings. The van der Waals surface area contributed by atoms with Gasteiger partial charge in [-0.2, -0.15) is 0 Å². The van der Waals surface area contributed by atoms with Crippen LogP contribution in [0.25, 0.3) is 0 Å². The summed E-state index contributed by atoms with van der Waals surface area (Å²) < 4.78 is 11.3. The monoisotopic (exact) mass is 383 g/mol. The van der Waals surface area contributed by atoms with Crippen LogP contribution >= 0.6 is 11.6 Å². The molecule has 2 rings (SSSR count). The third kappa shape index (κ3) is 5.04. The minimum atomic E-state index is -0.866. The average Bonchev–Trinajstić information content (AvgIpc) is 2.63. The van der Waals surface area contributed by atoms with Crippen molar-refractivity contribution in [2.24, 2.45) is 5.92 Å². The topological polar surface area (TPSA) is 76.1 Å². The molecule has 0 radical (unpaired) electrons. The molecule has 1 aliphatic heterocycles. The van der Waals surface area contributed by atoms with Crippen LogP contribution in [-0.2, 0) is 4.79 Å². The van der Waals surface area contributed by atoms with Crippen LogP contribution in [0, 0.1) is 5.92 Å². The number of carboxylic acid groups (broad SMARTS) is 1. The number of carbonyl (C=O) groups is 2. The minimum absolute atomic E-state index is 0.213. The van der Waals surface area contributed by atoms with Gasteiger partial charge in [-0.15, -0.1) is 0 Å². The van der Waals surface area contributed by atoms with Gasteiger partial charge in [0.05, 0.1) is 24.2 Å². The third-order valence-electron chi connectivity index (χ3n) is 4.36. The second-order valence-electron chi connectivity index (χ2n) is 6.35. The van der Waals surface area contributed by atoms with E-state index in [1.807, 2.05) is 6.92 Å². The van der Waals surface area contributed by atoms with Crippen LogP contribution in [0.3, 0.4) is 0 Å². The van der Waals surface area contributed by atoms with E-state index in [0.29, 0.717) is 54.7 Å². The minimum Gasteiger partial charge on any atom is -0.490 e. The fraction of sp³-hybridized carbons (Fsp3) is 0.579. The van der Waals surface area contributed by atoms with Crippen molar-refractivity contribution in [2.45, 2.75) is 39.5 Å². The maximum Gasteiger partial charge on any atom is 0.308 e. The number of rotatable bonds is 8. The quantitative estimate of drug-likeness (QED) is 0.690. The van der Waals surface area contributed by atoms with Gasteiger partial charge >= 0.3 is 5.97 Å². The van der Waals surface area contributed by atoms with E-state index in [1.165, 1.54) is 0 Å². The Hall–Kier alpha value is -1.95. The highest BCUT2D eigenvalue weighted by Crippen LogP contribution is 2.37. The van der Waals surface area contributed by atoms with E-state index in [1.54, 1.807) is 17.0 Å². The molecule has 0 aromatic heterocycles. The molecule has 1 unspecified atom stereocenters. The molecule has 6 nitrogen and oxygen atoms in total. The van der Waals surface area contributed by atoms with Crippen molar-refractivity contribution < 1.29 is 24.2 Å². The number of benzene rings is 1. The molecule has 1 aromatic carbocycles. The summed E-state index contributed by atoms with van der Waals surface area (Å²) >= 11 is 6.34. The van der Waals surface area contributed by atoms with Crippen molar-refractivity contribution in [3.8, 4) is 11.5 Å². The second-order valence-corrected chi connectivity index (χ2v) is 6.76. The van der Waals surface area contributed by atoms with Gasteiger partial charge in [0.15, 0.2) is 11.5 Å². The Kier molecular flexibility index (Phi) is 7.57. The summed E-state index contributed by atoms with van der Waals surface area (Å²) in [6, 6.07) is 3.20. The van der Waals surface area contributed by atoms with Gasteiger partial charge in [0.2, 0.25) is 0 Å². The summed E-state index contributed by atoms with van der Waals surface area (Å²) in [5, 5.41) is 9.53. The van der Waals surface area contributed by atoms with Crippen molar-refractivity contribution in [2.75, 3.05) is 26.3 Å². The Labute approximate surface area is 159 Å². The van der Waals surface area contributed by atoms with E-state index in [4.69, 9.17) is 21.1 Å². The number of hydrogen-bond acceptors (Lipinski definition) is 4.